The Kier molecular flexibility index (Phi) is 6.98. The van der Waals surface area contributed by atoms with E-state index in [1.54, 1.807) is 0 Å². The van der Waals surface area contributed by atoms with E-state index >= 15 is 0 Å². The third kappa shape index (κ3) is 7.95. The average Bonchev–Trinajstić information content (AvgIpc) is 2.80. The summed E-state index contributed by atoms with van der Waals surface area (Å²) in [6.07, 6.45) is 2.21. The average molecular weight is 319 g/mol. The van der Waals surface area contributed by atoms with Gasteiger partial charge in [-0.1, -0.05) is 42.0 Å². The van der Waals surface area contributed by atoms with Crippen LogP contribution < -0.4 is 5.32 Å². The van der Waals surface area contributed by atoms with Gasteiger partial charge in [0, 0.05) is 0 Å². The molecule has 0 radical (unpaired) electrons. The molecule has 4 heteroatoms. The van der Waals surface area contributed by atoms with Gasteiger partial charge >= 0.3 is 0 Å². The fourth-order valence-corrected chi connectivity index (χ4v) is 2.10. The lowest BCUT2D eigenvalue weighted by Gasteiger charge is -2.18. The molecule has 1 heterocycles. The summed E-state index contributed by atoms with van der Waals surface area (Å²) < 4.78 is 10.2. The molecule has 0 saturated carbocycles. The molecule has 1 fully saturated rings. The molecule has 1 aliphatic heterocycles. The fraction of sp³-hybridized carbons (Fsp3) is 0.526. The van der Waals surface area contributed by atoms with Crippen LogP contribution in [0, 0.1) is 0 Å². The molecular formula is C19H29NO3. The van der Waals surface area contributed by atoms with E-state index in [0.717, 1.165) is 6.61 Å². The van der Waals surface area contributed by atoms with E-state index in [2.05, 4.69) is 61.2 Å². The largest absolute Gasteiger partial charge is 0.462 e. The van der Waals surface area contributed by atoms with Crippen molar-refractivity contribution in [1.29, 1.82) is 0 Å². The summed E-state index contributed by atoms with van der Waals surface area (Å²) in [5.74, 6) is 0. The Bertz CT molecular complexity index is 515. The minimum absolute atomic E-state index is 0.198. The van der Waals surface area contributed by atoms with Crippen LogP contribution in [0.5, 0.6) is 0 Å². The van der Waals surface area contributed by atoms with Crippen LogP contribution in [-0.2, 0) is 14.3 Å². The SMILES string of the molecule is CC(=Cc1ccccc1)C1COC(C)(C)N1.CC(C)(C)OC=O. The molecule has 0 bridgehead atoms. The van der Waals surface area contributed by atoms with Crippen molar-refractivity contribution in [1.82, 2.24) is 5.32 Å². The molecule has 1 unspecified atom stereocenters. The molecule has 1 N–H and O–H groups in total. The maximum Gasteiger partial charge on any atom is 0.293 e. The van der Waals surface area contributed by atoms with Crippen LogP contribution in [0.4, 0.5) is 0 Å². The number of benzene rings is 1. The minimum Gasteiger partial charge on any atom is -0.462 e. The monoisotopic (exact) mass is 319 g/mol. The van der Waals surface area contributed by atoms with Gasteiger partial charge in [0.15, 0.2) is 0 Å². The number of rotatable bonds is 3. The number of carbonyl (C=O) groups excluding carboxylic acids is 1. The second-order valence-corrected chi connectivity index (χ2v) is 7.14. The smallest absolute Gasteiger partial charge is 0.293 e. The van der Waals surface area contributed by atoms with Crippen molar-refractivity contribution >= 4 is 12.5 Å². The Morgan fingerprint density at radius 3 is 2.30 bits per heavy atom. The first-order valence-electron chi connectivity index (χ1n) is 7.89. The maximum absolute atomic E-state index is 9.60. The van der Waals surface area contributed by atoms with Crippen LogP contribution in [0.1, 0.15) is 47.1 Å². The van der Waals surface area contributed by atoms with Gasteiger partial charge in [-0.3, -0.25) is 10.1 Å². The second kappa shape index (κ2) is 8.27. The van der Waals surface area contributed by atoms with Crippen LogP contribution in [-0.4, -0.2) is 30.4 Å². The Hall–Kier alpha value is -1.65. The quantitative estimate of drug-likeness (QED) is 0.862. The van der Waals surface area contributed by atoms with Crippen molar-refractivity contribution in [3.05, 3.63) is 41.5 Å². The molecular weight excluding hydrogens is 290 g/mol. The minimum atomic E-state index is -0.318. The van der Waals surface area contributed by atoms with Crippen molar-refractivity contribution in [2.24, 2.45) is 0 Å². The molecule has 1 saturated heterocycles. The summed E-state index contributed by atoms with van der Waals surface area (Å²) in [4.78, 5) is 9.60. The zero-order chi connectivity index (χ0) is 17.5. The zero-order valence-corrected chi connectivity index (χ0v) is 15.1. The van der Waals surface area contributed by atoms with Gasteiger partial charge in [0.2, 0.25) is 0 Å². The Balaban J connectivity index is 0.000000322. The third-order valence-corrected chi connectivity index (χ3v) is 3.28. The van der Waals surface area contributed by atoms with Gasteiger partial charge in [-0.2, -0.15) is 0 Å². The van der Waals surface area contributed by atoms with Gasteiger partial charge < -0.3 is 9.47 Å². The van der Waals surface area contributed by atoms with E-state index in [1.165, 1.54) is 11.1 Å². The first-order valence-corrected chi connectivity index (χ1v) is 7.89. The van der Waals surface area contributed by atoms with Gasteiger partial charge in [0.25, 0.3) is 6.47 Å². The molecule has 0 aromatic heterocycles. The van der Waals surface area contributed by atoms with Gasteiger partial charge in [-0.05, 0) is 47.1 Å². The molecule has 4 nitrogen and oxygen atoms in total. The van der Waals surface area contributed by atoms with Crippen LogP contribution in [0.15, 0.2) is 35.9 Å². The number of nitrogens with one attached hydrogen (secondary N) is 1. The van der Waals surface area contributed by atoms with Gasteiger partial charge in [0.1, 0.15) is 11.3 Å². The highest BCUT2D eigenvalue weighted by molar-refractivity contribution is 5.53. The predicted octanol–water partition coefficient (Wildman–Crippen LogP) is 3.77. The van der Waals surface area contributed by atoms with Crippen molar-refractivity contribution in [2.45, 2.75) is 58.9 Å². The number of hydrogen-bond acceptors (Lipinski definition) is 4. The number of hydrogen-bond donors (Lipinski definition) is 1. The summed E-state index contributed by atoms with van der Waals surface area (Å²) in [6.45, 7) is 12.9. The van der Waals surface area contributed by atoms with Crippen molar-refractivity contribution in [2.75, 3.05) is 6.61 Å². The summed E-state index contributed by atoms with van der Waals surface area (Å²) in [5.41, 5.74) is 2.04. The normalized spacial score (nSPS) is 20.4. The van der Waals surface area contributed by atoms with Crippen molar-refractivity contribution in [3.63, 3.8) is 0 Å². The molecule has 1 atom stereocenters. The molecule has 128 valence electrons. The van der Waals surface area contributed by atoms with E-state index in [9.17, 15) is 4.79 Å². The lowest BCUT2D eigenvalue weighted by Crippen LogP contribution is -2.38. The number of ether oxygens (including phenoxy) is 2. The van der Waals surface area contributed by atoms with Gasteiger partial charge in [-0.25, -0.2) is 0 Å². The molecule has 23 heavy (non-hydrogen) atoms. The molecule has 0 spiro atoms. The second-order valence-electron chi connectivity index (χ2n) is 7.14. The van der Waals surface area contributed by atoms with Crippen LogP contribution in [0.3, 0.4) is 0 Å². The summed E-state index contributed by atoms with van der Waals surface area (Å²) in [6, 6.07) is 10.7. The van der Waals surface area contributed by atoms with E-state index in [4.69, 9.17) is 4.74 Å². The lowest BCUT2D eigenvalue weighted by atomic mass is 10.1. The third-order valence-electron chi connectivity index (χ3n) is 3.28. The van der Waals surface area contributed by atoms with E-state index in [-0.39, 0.29) is 11.3 Å². The van der Waals surface area contributed by atoms with Crippen LogP contribution in [0.2, 0.25) is 0 Å². The standard InChI is InChI=1S/C14H19NO.C5H10O2/c1-11(9-12-7-5-4-6-8-12)13-10-16-14(2,3)15-13;1-5(2,3)7-4-6/h4-9,13,15H,10H2,1-3H3;4H,1-3H3. The molecule has 1 aromatic carbocycles. The number of carbonyl (C=O) groups is 1. The molecule has 0 aliphatic carbocycles. The zero-order valence-electron chi connectivity index (χ0n) is 15.1. The molecule has 1 aliphatic rings. The molecule has 0 amide bonds. The summed E-state index contributed by atoms with van der Waals surface area (Å²) >= 11 is 0. The molecule has 2 rings (SSSR count). The Morgan fingerprint density at radius 1 is 1.30 bits per heavy atom. The first kappa shape index (κ1) is 19.4. The maximum atomic E-state index is 9.60. The van der Waals surface area contributed by atoms with E-state index < -0.39 is 0 Å². The van der Waals surface area contributed by atoms with Crippen molar-refractivity contribution in [3.8, 4) is 0 Å². The first-order chi connectivity index (χ1) is 10.6. The highest BCUT2D eigenvalue weighted by atomic mass is 16.5. The Labute approximate surface area is 139 Å². The summed E-state index contributed by atoms with van der Waals surface area (Å²) in [7, 11) is 0. The highest BCUT2D eigenvalue weighted by Crippen LogP contribution is 2.20. The summed E-state index contributed by atoms with van der Waals surface area (Å²) in [5, 5.41) is 3.46. The topological polar surface area (TPSA) is 47.6 Å². The van der Waals surface area contributed by atoms with Gasteiger partial charge in [0.05, 0.1) is 12.6 Å². The highest BCUT2D eigenvalue weighted by Gasteiger charge is 2.31. The predicted molar refractivity (Wildman–Crippen MR) is 93.9 cm³/mol. The van der Waals surface area contributed by atoms with E-state index in [1.807, 2.05) is 26.8 Å². The van der Waals surface area contributed by atoms with Crippen LogP contribution >= 0.6 is 0 Å². The Morgan fingerprint density at radius 2 is 1.91 bits per heavy atom. The van der Waals surface area contributed by atoms with Crippen molar-refractivity contribution < 1.29 is 14.3 Å². The van der Waals surface area contributed by atoms with Crippen LogP contribution in [0.25, 0.3) is 6.08 Å². The lowest BCUT2D eigenvalue weighted by molar-refractivity contribution is -0.138. The fourth-order valence-electron chi connectivity index (χ4n) is 2.10. The van der Waals surface area contributed by atoms with Gasteiger partial charge in [-0.15, -0.1) is 0 Å². The molecule has 1 aromatic rings. The van der Waals surface area contributed by atoms with E-state index in [0.29, 0.717) is 12.5 Å².